The predicted octanol–water partition coefficient (Wildman–Crippen LogP) is 1.60. The number of anilines is 1. The van der Waals surface area contributed by atoms with E-state index in [-0.39, 0.29) is 15.5 Å². The van der Waals surface area contributed by atoms with E-state index in [9.17, 15) is 16.8 Å². The molecule has 0 radical (unpaired) electrons. The van der Waals surface area contributed by atoms with Crippen molar-refractivity contribution in [1.82, 2.24) is 4.47 Å². The third-order valence-corrected chi connectivity index (χ3v) is 7.04. The molecule has 2 aromatic rings. The Kier molecular flexibility index (Phi) is 4.93. The van der Waals surface area contributed by atoms with Gasteiger partial charge in [0.25, 0.3) is 20.0 Å². The number of nitrogens with zero attached hydrogens (tertiary/aromatic N) is 1. The number of ether oxygens (including phenoxy) is 1. The summed E-state index contributed by atoms with van der Waals surface area (Å²) >= 11 is 0. The van der Waals surface area contributed by atoms with Gasteiger partial charge in [0.15, 0.2) is 0 Å². The number of benzene rings is 2. The predicted molar refractivity (Wildman–Crippen MR) is 94.8 cm³/mol. The van der Waals surface area contributed by atoms with Crippen LogP contribution in [-0.2, 0) is 31.3 Å². The molecular weight excluding hydrogens is 380 g/mol. The second kappa shape index (κ2) is 6.88. The number of nitrogens with one attached hydrogen (secondary N) is 1. The lowest BCUT2D eigenvalue weighted by molar-refractivity contribution is -0.0258. The van der Waals surface area contributed by atoms with Crippen molar-refractivity contribution in [3.63, 3.8) is 0 Å². The van der Waals surface area contributed by atoms with Crippen molar-refractivity contribution in [2.24, 2.45) is 0 Å². The molecule has 0 aliphatic carbocycles. The highest BCUT2D eigenvalue weighted by Gasteiger charge is 2.22. The molecule has 0 amide bonds. The molecule has 0 aromatic heterocycles. The van der Waals surface area contributed by atoms with Crippen LogP contribution in [0.25, 0.3) is 0 Å². The van der Waals surface area contributed by atoms with Crippen molar-refractivity contribution in [2.45, 2.75) is 16.2 Å². The van der Waals surface area contributed by atoms with Gasteiger partial charge in [-0.3, -0.25) is 9.56 Å². The van der Waals surface area contributed by atoms with Crippen molar-refractivity contribution < 1.29 is 26.4 Å². The molecule has 0 bridgehead atoms. The van der Waals surface area contributed by atoms with Gasteiger partial charge >= 0.3 is 0 Å². The van der Waals surface area contributed by atoms with Gasteiger partial charge in [-0.05, 0) is 48.0 Å². The minimum atomic E-state index is -3.79. The Bertz CT molecular complexity index is 1020. The molecule has 3 rings (SSSR count). The zero-order valence-corrected chi connectivity index (χ0v) is 15.8. The summed E-state index contributed by atoms with van der Waals surface area (Å²) in [5.41, 5.74) is 1.10. The van der Waals surface area contributed by atoms with Gasteiger partial charge in [0.1, 0.15) is 5.75 Å². The summed E-state index contributed by atoms with van der Waals surface area (Å²) < 4.78 is 57.9. The SMILES string of the molecule is CON(C)S(=O)(=O)c1ccc(NS(=O)(=O)c2ccc3c(c2)CCO3)cc1. The zero-order valence-electron chi connectivity index (χ0n) is 14.2. The van der Waals surface area contributed by atoms with E-state index in [1.54, 1.807) is 12.1 Å². The second-order valence-electron chi connectivity index (χ2n) is 5.60. The number of hydrogen-bond donors (Lipinski definition) is 1. The van der Waals surface area contributed by atoms with Crippen LogP contribution in [0.15, 0.2) is 52.3 Å². The fourth-order valence-corrected chi connectivity index (χ4v) is 4.57. The van der Waals surface area contributed by atoms with Gasteiger partial charge in [-0.1, -0.05) is 4.47 Å². The third kappa shape index (κ3) is 3.54. The molecule has 8 nitrogen and oxygen atoms in total. The van der Waals surface area contributed by atoms with Crippen LogP contribution >= 0.6 is 0 Å². The van der Waals surface area contributed by atoms with E-state index >= 15 is 0 Å². The summed E-state index contributed by atoms with van der Waals surface area (Å²) in [6, 6.07) is 10.1. The summed E-state index contributed by atoms with van der Waals surface area (Å²) in [5.74, 6) is 0.695. The monoisotopic (exact) mass is 398 g/mol. The fraction of sp³-hybridized carbons (Fsp3) is 0.250. The molecule has 0 spiro atoms. The molecular formula is C16H18N2O6S2. The van der Waals surface area contributed by atoms with E-state index in [1.165, 1.54) is 44.5 Å². The summed E-state index contributed by atoms with van der Waals surface area (Å²) in [6.07, 6.45) is 0.665. The van der Waals surface area contributed by atoms with Gasteiger partial charge in [-0.25, -0.2) is 16.8 Å². The average Bonchev–Trinajstić information content (AvgIpc) is 3.08. The van der Waals surface area contributed by atoms with Crippen LogP contribution in [0.1, 0.15) is 5.56 Å². The lowest BCUT2D eigenvalue weighted by Gasteiger charge is -2.14. The van der Waals surface area contributed by atoms with E-state index in [4.69, 9.17) is 9.57 Å². The van der Waals surface area contributed by atoms with Crippen molar-refractivity contribution in [3.8, 4) is 5.75 Å². The van der Waals surface area contributed by atoms with E-state index in [0.29, 0.717) is 18.8 Å². The largest absolute Gasteiger partial charge is 0.493 e. The van der Waals surface area contributed by atoms with Crippen LogP contribution in [0.4, 0.5) is 5.69 Å². The number of rotatable bonds is 6. The lowest BCUT2D eigenvalue weighted by Crippen LogP contribution is -2.25. The Balaban J connectivity index is 1.82. The highest BCUT2D eigenvalue weighted by Crippen LogP contribution is 2.28. The highest BCUT2D eigenvalue weighted by molar-refractivity contribution is 7.92. The van der Waals surface area contributed by atoms with E-state index < -0.39 is 20.0 Å². The fourth-order valence-electron chi connectivity index (χ4n) is 2.49. The topological polar surface area (TPSA) is 102 Å². The first kappa shape index (κ1) is 18.6. The molecule has 140 valence electrons. The Morgan fingerprint density at radius 1 is 1.04 bits per heavy atom. The van der Waals surface area contributed by atoms with Crippen molar-refractivity contribution >= 4 is 25.7 Å². The molecule has 26 heavy (non-hydrogen) atoms. The standard InChI is InChI=1S/C16H18N2O6S2/c1-18(23-2)26(21,22)14-5-3-13(4-6-14)17-25(19,20)15-7-8-16-12(11-15)9-10-24-16/h3-8,11,17H,9-10H2,1-2H3. The smallest absolute Gasteiger partial charge is 0.264 e. The number of sulfonamides is 2. The molecule has 0 atom stereocenters. The molecule has 10 heteroatoms. The molecule has 0 fully saturated rings. The Labute approximate surface area is 152 Å². The first-order valence-electron chi connectivity index (χ1n) is 7.66. The van der Waals surface area contributed by atoms with Gasteiger partial charge < -0.3 is 4.74 Å². The van der Waals surface area contributed by atoms with Gasteiger partial charge in [-0.2, -0.15) is 0 Å². The zero-order chi connectivity index (χ0) is 18.9. The number of fused-ring (bicyclic) bond motifs is 1. The number of hydroxylamine groups is 1. The first-order chi connectivity index (χ1) is 12.2. The molecule has 1 aliphatic rings. The maximum absolute atomic E-state index is 12.5. The van der Waals surface area contributed by atoms with Gasteiger partial charge in [0, 0.05) is 19.2 Å². The molecule has 2 aromatic carbocycles. The summed E-state index contributed by atoms with van der Waals surface area (Å²) in [4.78, 5) is 4.81. The molecule has 1 aliphatic heterocycles. The van der Waals surface area contributed by atoms with Gasteiger partial charge in [0.05, 0.1) is 23.5 Å². The van der Waals surface area contributed by atoms with Crippen LogP contribution in [0.2, 0.25) is 0 Å². The van der Waals surface area contributed by atoms with Crippen LogP contribution in [0, 0.1) is 0 Å². The van der Waals surface area contributed by atoms with E-state index in [0.717, 1.165) is 10.0 Å². The van der Waals surface area contributed by atoms with E-state index in [2.05, 4.69) is 4.72 Å². The summed E-state index contributed by atoms with van der Waals surface area (Å²) in [6.45, 7) is 0.540. The minimum Gasteiger partial charge on any atom is -0.493 e. The summed E-state index contributed by atoms with van der Waals surface area (Å²) in [7, 11) is -5.08. The quantitative estimate of drug-likeness (QED) is 0.742. The second-order valence-corrected chi connectivity index (χ2v) is 9.21. The van der Waals surface area contributed by atoms with E-state index in [1.807, 2.05) is 0 Å². The van der Waals surface area contributed by atoms with Crippen LogP contribution in [-0.4, -0.2) is 42.1 Å². The minimum absolute atomic E-state index is 0.0144. The Morgan fingerprint density at radius 2 is 1.69 bits per heavy atom. The normalized spacial score (nSPS) is 14.1. The van der Waals surface area contributed by atoms with Gasteiger partial charge in [0.2, 0.25) is 0 Å². The average molecular weight is 398 g/mol. The van der Waals surface area contributed by atoms with Crippen molar-refractivity contribution in [2.75, 3.05) is 25.5 Å². The van der Waals surface area contributed by atoms with Crippen molar-refractivity contribution in [3.05, 3.63) is 48.0 Å². The molecule has 0 unspecified atom stereocenters. The third-order valence-electron chi connectivity index (χ3n) is 3.97. The maximum Gasteiger partial charge on any atom is 0.264 e. The number of hydrogen-bond acceptors (Lipinski definition) is 6. The van der Waals surface area contributed by atoms with Crippen LogP contribution in [0.3, 0.4) is 0 Å². The molecule has 0 saturated heterocycles. The van der Waals surface area contributed by atoms with Crippen LogP contribution < -0.4 is 9.46 Å². The van der Waals surface area contributed by atoms with Crippen molar-refractivity contribution in [1.29, 1.82) is 0 Å². The first-order valence-corrected chi connectivity index (χ1v) is 10.6. The molecule has 1 N–H and O–H groups in total. The maximum atomic E-state index is 12.5. The Morgan fingerprint density at radius 3 is 2.35 bits per heavy atom. The lowest BCUT2D eigenvalue weighted by atomic mass is 10.2. The van der Waals surface area contributed by atoms with Crippen LogP contribution in [0.5, 0.6) is 5.75 Å². The molecule has 1 heterocycles. The molecule has 0 saturated carbocycles. The Hall–Kier alpha value is -2.14. The summed E-state index contributed by atoms with van der Waals surface area (Å²) in [5, 5.41) is 0. The highest BCUT2D eigenvalue weighted by atomic mass is 32.2. The van der Waals surface area contributed by atoms with Gasteiger partial charge in [-0.15, -0.1) is 0 Å².